The molecule has 1 atom stereocenters. The monoisotopic (exact) mass is 492 g/mol. The van der Waals surface area contributed by atoms with Gasteiger partial charge in [-0.2, -0.15) is 8.42 Å². The Hall–Kier alpha value is -1.67. The SMILES string of the molecule is O=S(=O)(O)C(c1ccc(O)c(Cl)c1)(c1ccccc1Cl)c1cc(Cl)c(O)cc1Cl. The normalized spacial score (nSPS) is 13.8. The Balaban J connectivity index is 2.61. The highest BCUT2D eigenvalue weighted by atomic mass is 35.5. The zero-order valence-corrected chi connectivity index (χ0v) is 18.1. The van der Waals surface area contributed by atoms with Gasteiger partial charge in [-0.05, 0) is 29.8 Å². The molecule has 0 saturated carbocycles. The first-order valence-corrected chi connectivity index (χ1v) is 10.8. The van der Waals surface area contributed by atoms with Crippen LogP contribution >= 0.6 is 46.4 Å². The molecule has 0 bridgehead atoms. The highest BCUT2D eigenvalue weighted by molar-refractivity contribution is 7.87. The maximum absolute atomic E-state index is 13.0. The average molecular weight is 494 g/mol. The number of hydrogen-bond donors (Lipinski definition) is 3. The van der Waals surface area contributed by atoms with Gasteiger partial charge in [0.2, 0.25) is 0 Å². The Morgan fingerprint density at radius 2 is 1.31 bits per heavy atom. The molecule has 0 heterocycles. The number of hydrogen-bond acceptors (Lipinski definition) is 4. The number of phenolic OH excluding ortho intramolecular Hbond substituents is 2. The molecule has 5 nitrogen and oxygen atoms in total. The van der Waals surface area contributed by atoms with Crippen molar-refractivity contribution in [3.63, 3.8) is 0 Å². The van der Waals surface area contributed by atoms with Gasteiger partial charge in [-0.25, -0.2) is 0 Å². The van der Waals surface area contributed by atoms with Crippen molar-refractivity contribution in [3.05, 3.63) is 91.4 Å². The van der Waals surface area contributed by atoms with Crippen molar-refractivity contribution in [2.24, 2.45) is 0 Å². The van der Waals surface area contributed by atoms with Gasteiger partial charge in [-0.15, -0.1) is 0 Å². The van der Waals surface area contributed by atoms with Crippen LogP contribution in [0.5, 0.6) is 11.5 Å². The molecule has 10 heteroatoms. The van der Waals surface area contributed by atoms with E-state index in [4.69, 9.17) is 46.4 Å². The van der Waals surface area contributed by atoms with Crippen LogP contribution in [0.1, 0.15) is 16.7 Å². The lowest BCUT2D eigenvalue weighted by Gasteiger charge is -2.34. The lowest BCUT2D eigenvalue weighted by atomic mass is 9.83. The topological polar surface area (TPSA) is 94.8 Å². The molecule has 0 aromatic heterocycles. The van der Waals surface area contributed by atoms with Crippen LogP contribution in [-0.4, -0.2) is 23.2 Å². The van der Waals surface area contributed by atoms with Gasteiger partial charge < -0.3 is 10.2 Å². The molecule has 3 aromatic rings. The Kier molecular flexibility index (Phi) is 5.98. The predicted molar refractivity (Wildman–Crippen MR) is 114 cm³/mol. The summed E-state index contributed by atoms with van der Waals surface area (Å²) in [6.45, 7) is 0. The van der Waals surface area contributed by atoms with E-state index in [0.29, 0.717) is 0 Å². The third-order valence-corrected chi connectivity index (χ3v) is 7.11. The van der Waals surface area contributed by atoms with Gasteiger partial charge in [-0.3, -0.25) is 4.55 Å². The zero-order chi connectivity index (χ0) is 21.6. The number of phenols is 2. The van der Waals surface area contributed by atoms with Crippen LogP contribution in [-0.2, 0) is 14.9 Å². The second-order valence-electron chi connectivity index (χ2n) is 6.09. The Labute approximate surface area is 186 Å². The first-order valence-electron chi connectivity index (χ1n) is 7.89. The first kappa shape index (κ1) is 22.0. The van der Waals surface area contributed by atoms with Gasteiger partial charge >= 0.3 is 0 Å². The third kappa shape index (κ3) is 3.65. The molecule has 3 N–H and O–H groups in total. The summed E-state index contributed by atoms with van der Waals surface area (Å²) < 4.78 is 34.1. The highest BCUT2D eigenvalue weighted by Crippen LogP contribution is 2.50. The fraction of sp³-hybridized carbons (Fsp3) is 0.0526. The molecule has 1 unspecified atom stereocenters. The Bertz CT molecular complexity index is 1210. The molecule has 0 spiro atoms. The van der Waals surface area contributed by atoms with Crippen LogP contribution in [0.4, 0.5) is 0 Å². The number of halogens is 4. The fourth-order valence-corrected chi connectivity index (χ4v) is 5.52. The molecule has 0 amide bonds. The number of benzene rings is 3. The van der Waals surface area contributed by atoms with Gasteiger partial charge in [-0.1, -0.05) is 70.7 Å². The van der Waals surface area contributed by atoms with Crippen molar-refractivity contribution in [3.8, 4) is 11.5 Å². The molecule has 152 valence electrons. The molecule has 0 aliphatic rings. The van der Waals surface area contributed by atoms with Crippen LogP contribution in [0, 0.1) is 0 Å². The second-order valence-corrected chi connectivity index (χ2v) is 9.28. The quantitative estimate of drug-likeness (QED) is 0.311. The summed E-state index contributed by atoms with van der Waals surface area (Å²) in [6.07, 6.45) is 0. The van der Waals surface area contributed by atoms with Gasteiger partial charge in [0.25, 0.3) is 10.1 Å². The predicted octanol–water partition coefficient (Wildman–Crippen LogP) is 5.89. The Morgan fingerprint density at radius 1 is 0.690 bits per heavy atom. The van der Waals surface area contributed by atoms with Crippen molar-refractivity contribution in [1.82, 2.24) is 0 Å². The van der Waals surface area contributed by atoms with E-state index in [9.17, 15) is 23.2 Å². The molecular formula is C19H12Cl4O5S. The standard InChI is InChI=1S/C19H12Cl4O5S/c20-13-4-2-1-3-11(13)19(29(26,27)28,10-5-6-17(24)15(22)7-10)12-8-16(23)18(25)9-14(12)21/h1-9,24-25H,(H,26,27,28). The average Bonchev–Trinajstić information content (AvgIpc) is 2.63. The molecule has 0 fully saturated rings. The van der Waals surface area contributed by atoms with Gasteiger partial charge in [0.1, 0.15) is 11.5 Å². The Morgan fingerprint density at radius 3 is 1.90 bits per heavy atom. The smallest absolute Gasteiger partial charge is 0.283 e. The van der Waals surface area contributed by atoms with Crippen molar-refractivity contribution in [2.75, 3.05) is 0 Å². The van der Waals surface area contributed by atoms with Crippen LogP contribution in [0.3, 0.4) is 0 Å². The molecule has 0 saturated heterocycles. The van der Waals surface area contributed by atoms with E-state index < -0.39 is 14.9 Å². The molecule has 3 aromatic carbocycles. The minimum absolute atomic E-state index is 0.00888. The van der Waals surface area contributed by atoms with Gasteiger partial charge in [0.15, 0.2) is 4.75 Å². The van der Waals surface area contributed by atoms with Crippen LogP contribution in [0.15, 0.2) is 54.6 Å². The minimum atomic E-state index is -5.04. The molecule has 0 aliphatic heterocycles. The molecule has 29 heavy (non-hydrogen) atoms. The van der Waals surface area contributed by atoms with Crippen molar-refractivity contribution in [1.29, 1.82) is 0 Å². The van der Waals surface area contributed by atoms with Crippen molar-refractivity contribution < 1.29 is 23.2 Å². The first-order chi connectivity index (χ1) is 13.5. The van der Waals surface area contributed by atoms with Gasteiger partial charge in [0.05, 0.1) is 10.0 Å². The number of aromatic hydroxyl groups is 2. The maximum Gasteiger partial charge on any atom is 0.283 e. The summed E-state index contributed by atoms with van der Waals surface area (Å²) in [5, 5.41) is 19.1. The molecule has 0 aliphatic carbocycles. The summed E-state index contributed by atoms with van der Waals surface area (Å²) in [5.41, 5.74) is -0.256. The van der Waals surface area contributed by atoms with E-state index in [-0.39, 0.29) is 48.3 Å². The largest absolute Gasteiger partial charge is 0.506 e. The summed E-state index contributed by atoms with van der Waals surface area (Å²) >= 11 is 24.7. The summed E-state index contributed by atoms with van der Waals surface area (Å²) in [6, 6.07) is 11.7. The van der Waals surface area contributed by atoms with Crippen molar-refractivity contribution in [2.45, 2.75) is 4.75 Å². The van der Waals surface area contributed by atoms with Crippen LogP contribution in [0.25, 0.3) is 0 Å². The van der Waals surface area contributed by atoms with Crippen LogP contribution < -0.4 is 0 Å². The fourth-order valence-electron chi connectivity index (χ4n) is 3.16. The van der Waals surface area contributed by atoms with E-state index in [1.807, 2.05) is 0 Å². The molecular weight excluding hydrogens is 482 g/mol. The zero-order valence-electron chi connectivity index (χ0n) is 14.3. The van der Waals surface area contributed by atoms with E-state index in [0.717, 1.165) is 12.1 Å². The minimum Gasteiger partial charge on any atom is -0.506 e. The van der Waals surface area contributed by atoms with E-state index >= 15 is 0 Å². The third-order valence-electron chi connectivity index (χ3n) is 4.41. The summed E-state index contributed by atoms with van der Waals surface area (Å²) in [5.74, 6) is -0.679. The summed E-state index contributed by atoms with van der Waals surface area (Å²) in [7, 11) is -5.04. The van der Waals surface area contributed by atoms with E-state index in [1.165, 1.54) is 36.4 Å². The summed E-state index contributed by atoms with van der Waals surface area (Å²) in [4.78, 5) is 0. The van der Waals surface area contributed by atoms with Gasteiger partial charge in [0, 0.05) is 27.2 Å². The van der Waals surface area contributed by atoms with Crippen molar-refractivity contribution >= 4 is 56.5 Å². The second kappa shape index (κ2) is 7.87. The maximum atomic E-state index is 13.0. The van der Waals surface area contributed by atoms with E-state index in [1.54, 1.807) is 6.07 Å². The number of rotatable bonds is 4. The van der Waals surface area contributed by atoms with Crippen LogP contribution in [0.2, 0.25) is 20.1 Å². The van der Waals surface area contributed by atoms with E-state index in [2.05, 4.69) is 0 Å². The highest BCUT2D eigenvalue weighted by Gasteiger charge is 2.51. The molecule has 0 radical (unpaired) electrons. The lowest BCUT2D eigenvalue weighted by Crippen LogP contribution is -2.39. The lowest BCUT2D eigenvalue weighted by molar-refractivity contribution is 0.456. The molecule has 3 rings (SSSR count).